The minimum Gasteiger partial charge on any atom is -0.497 e. The summed E-state index contributed by atoms with van der Waals surface area (Å²) in [6, 6.07) is 27.1. The number of aliphatic hydroxyl groups excluding tert-OH is 1. The van der Waals surface area contributed by atoms with E-state index in [0.717, 1.165) is 5.56 Å². The highest BCUT2D eigenvalue weighted by Crippen LogP contribution is 2.44. The van der Waals surface area contributed by atoms with E-state index >= 15 is 0 Å². The molecule has 0 fully saturated rings. The Morgan fingerprint density at radius 2 is 1.70 bits per heavy atom. The molecule has 3 N–H and O–H groups in total. The van der Waals surface area contributed by atoms with E-state index in [0.29, 0.717) is 71.4 Å². The Balaban J connectivity index is 1.52. The molecule has 0 radical (unpaired) electrons. The predicted octanol–water partition coefficient (Wildman–Crippen LogP) is 5.78. The van der Waals surface area contributed by atoms with Gasteiger partial charge in [0.1, 0.15) is 23.0 Å². The van der Waals surface area contributed by atoms with Crippen molar-refractivity contribution in [3.05, 3.63) is 124 Å². The summed E-state index contributed by atoms with van der Waals surface area (Å²) < 4.78 is 28.7. The zero-order chi connectivity index (χ0) is 35.3. The van der Waals surface area contributed by atoms with Crippen molar-refractivity contribution in [3.8, 4) is 23.0 Å². The second kappa shape index (κ2) is 17.1. The fourth-order valence-electron chi connectivity index (χ4n) is 5.71. The summed E-state index contributed by atoms with van der Waals surface area (Å²) in [6.07, 6.45) is 0.153. The SMILES string of the molecule is COc1cccc([C@@H]2OC(c3ccc(OCCCO)cc3)=N[C@]2(Cc2ccccc2N=[N+]=[N-])C(=O)NNCCc2cc(OC)ccc2OC)c1. The number of ether oxygens (including phenoxy) is 5. The largest absolute Gasteiger partial charge is 0.497 e. The van der Waals surface area contributed by atoms with Crippen molar-refractivity contribution < 1.29 is 33.6 Å². The van der Waals surface area contributed by atoms with Crippen molar-refractivity contribution in [2.45, 2.75) is 30.9 Å². The first kappa shape index (κ1) is 35.6. The van der Waals surface area contributed by atoms with Crippen LogP contribution in [0.4, 0.5) is 5.69 Å². The van der Waals surface area contributed by atoms with Gasteiger partial charge in [0.05, 0.1) is 27.9 Å². The van der Waals surface area contributed by atoms with Crippen LogP contribution in [0.15, 0.2) is 101 Å². The van der Waals surface area contributed by atoms with Crippen LogP contribution < -0.4 is 29.8 Å². The number of carbonyl (C=O) groups is 1. The Kier molecular flexibility index (Phi) is 12.1. The maximum atomic E-state index is 14.6. The van der Waals surface area contributed by atoms with E-state index in [2.05, 4.69) is 20.9 Å². The highest BCUT2D eigenvalue weighted by molar-refractivity contribution is 6.01. The van der Waals surface area contributed by atoms with Gasteiger partial charge in [-0.15, -0.1) is 0 Å². The highest BCUT2D eigenvalue weighted by Gasteiger charge is 2.53. The molecule has 0 saturated carbocycles. The van der Waals surface area contributed by atoms with E-state index in [4.69, 9.17) is 33.8 Å². The maximum absolute atomic E-state index is 14.6. The lowest BCUT2D eigenvalue weighted by molar-refractivity contribution is -0.130. The second-order valence-electron chi connectivity index (χ2n) is 11.4. The lowest BCUT2D eigenvalue weighted by Crippen LogP contribution is -2.54. The topological polar surface area (TPSA) is 169 Å². The molecule has 0 bridgehead atoms. The van der Waals surface area contributed by atoms with Crippen LogP contribution in [0.25, 0.3) is 10.4 Å². The number of nitrogens with one attached hydrogen (secondary N) is 2. The zero-order valence-corrected chi connectivity index (χ0v) is 28.2. The number of hydrogen-bond acceptors (Lipinski definition) is 10. The van der Waals surface area contributed by atoms with Crippen LogP contribution in [-0.4, -0.2) is 63.5 Å². The van der Waals surface area contributed by atoms with Gasteiger partial charge in [-0.1, -0.05) is 41.5 Å². The number of aliphatic imine (C=N–C) groups is 1. The third-order valence-electron chi connectivity index (χ3n) is 8.24. The fraction of sp³-hybridized carbons (Fsp3) is 0.297. The van der Waals surface area contributed by atoms with Crippen molar-refractivity contribution in [1.29, 1.82) is 0 Å². The molecule has 1 amide bonds. The minimum atomic E-state index is -1.57. The number of benzene rings is 4. The summed E-state index contributed by atoms with van der Waals surface area (Å²) in [5.74, 6) is 2.38. The van der Waals surface area contributed by atoms with E-state index in [1.54, 1.807) is 63.8 Å². The van der Waals surface area contributed by atoms with E-state index in [9.17, 15) is 10.3 Å². The van der Waals surface area contributed by atoms with Gasteiger partial charge in [0.15, 0.2) is 11.6 Å². The normalized spacial score (nSPS) is 16.4. The monoisotopic (exact) mass is 680 g/mol. The van der Waals surface area contributed by atoms with Crippen LogP contribution in [0.2, 0.25) is 0 Å². The number of azide groups is 1. The smallest absolute Gasteiger partial charge is 0.266 e. The van der Waals surface area contributed by atoms with Gasteiger partial charge in [-0.2, -0.15) is 0 Å². The van der Waals surface area contributed by atoms with E-state index in [1.165, 1.54) is 0 Å². The lowest BCUT2D eigenvalue weighted by Gasteiger charge is -2.31. The van der Waals surface area contributed by atoms with Crippen molar-refractivity contribution in [1.82, 2.24) is 10.9 Å². The van der Waals surface area contributed by atoms with Gasteiger partial charge in [0.25, 0.3) is 5.91 Å². The van der Waals surface area contributed by atoms with Crippen LogP contribution in [0.3, 0.4) is 0 Å². The third kappa shape index (κ3) is 8.27. The number of amides is 1. The Hall–Kier alpha value is -5.75. The molecule has 13 nitrogen and oxygen atoms in total. The van der Waals surface area contributed by atoms with Gasteiger partial charge in [0.2, 0.25) is 5.90 Å². The highest BCUT2D eigenvalue weighted by atomic mass is 16.5. The molecule has 260 valence electrons. The standard InChI is InChI=1S/C37H40N6O7/c1-46-30-10-6-9-27(23-30)34-37(24-28-8-4-5-11-32(28)41-43-38,40-35(50-34)25-12-14-29(15-13-25)49-21-7-20-44)36(45)42-39-19-18-26-22-31(47-2)16-17-33(26)48-3/h4-6,8-17,22-23,34,39,44H,7,18-21,24H2,1-3H3,(H,42,45)/t34-,37-/m0/s1. The quantitative estimate of drug-likeness (QED) is 0.0415. The molecule has 0 saturated heterocycles. The first-order valence-corrected chi connectivity index (χ1v) is 16.1. The number of hydrazine groups is 1. The van der Waals surface area contributed by atoms with Gasteiger partial charge >= 0.3 is 0 Å². The van der Waals surface area contributed by atoms with Crippen molar-refractivity contribution in [2.75, 3.05) is 41.1 Å². The van der Waals surface area contributed by atoms with Gasteiger partial charge < -0.3 is 28.8 Å². The summed E-state index contributed by atoms with van der Waals surface area (Å²) in [7, 11) is 4.77. The van der Waals surface area contributed by atoms with E-state index < -0.39 is 17.6 Å². The first-order valence-electron chi connectivity index (χ1n) is 16.1. The van der Waals surface area contributed by atoms with Crippen molar-refractivity contribution >= 4 is 17.5 Å². The van der Waals surface area contributed by atoms with Crippen LogP contribution in [0, 0.1) is 0 Å². The van der Waals surface area contributed by atoms with Gasteiger partial charge in [-0.05, 0) is 83.2 Å². The number of rotatable bonds is 17. The molecule has 4 aromatic rings. The molecular weight excluding hydrogens is 640 g/mol. The molecule has 0 spiro atoms. The van der Waals surface area contributed by atoms with Crippen LogP contribution in [0.1, 0.15) is 34.8 Å². The molecule has 5 rings (SSSR count). The molecule has 2 atom stereocenters. The summed E-state index contributed by atoms with van der Waals surface area (Å²) in [4.78, 5) is 22.7. The summed E-state index contributed by atoms with van der Waals surface area (Å²) in [5.41, 5.74) is 16.9. The first-order chi connectivity index (χ1) is 24.4. The molecule has 1 aliphatic heterocycles. The van der Waals surface area contributed by atoms with Crippen LogP contribution in [-0.2, 0) is 22.4 Å². The van der Waals surface area contributed by atoms with Gasteiger partial charge in [-0.3, -0.25) is 10.2 Å². The molecular formula is C37H40N6O7. The van der Waals surface area contributed by atoms with Crippen LogP contribution >= 0.6 is 0 Å². The Morgan fingerprint density at radius 3 is 2.44 bits per heavy atom. The molecule has 1 aliphatic rings. The molecule has 13 heteroatoms. The molecule has 0 aromatic heterocycles. The molecule has 4 aromatic carbocycles. The fourth-order valence-corrected chi connectivity index (χ4v) is 5.71. The van der Waals surface area contributed by atoms with E-state index in [1.807, 2.05) is 48.5 Å². The Bertz CT molecular complexity index is 1840. The number of hydrogen-bond donors (Lipinski definition) is 3. The predicted molar refractivity (Wildman–Crippen MR) is 188 cm³/mol. The van der Waals surface area contributed by atoms with Crippen molar-refractivity contribution in [3.63, 3.8) is 0 Å². The second-order valence-corrected chi connectivity index (χ2v) is 11.4. The third-order valence-corrected chi connectivity index (χ3v) is 8.24. The average molecular weight is 681 g/mol. The maximum Gasteiger partial charge on any atom is 0.266 e. The number of methoxy groups -OCH3 is 3. The molecule has 50 heavy (non-hydrogen) atoms. The van der Waals surface area contributed by atoms with Gasteiger partial charge in [-0.25, -0.2) is 10.4 Å². The number of nitrogens with zero attached hydrogens (tertiary/aromatic N) is 4. The zero-order valence-electron chi connectivity index (χ0n) is 28.2. The summed E-state index contributed by atoms with van der Waals surface area (Å²) in [6.45, 7) is 0.766. The van der Waals surface area contributed by atoms with Crippen LogP contribution in [0.5, 0.6) is 23.0 Å². The number of aliphatic hydroxyl groups is 1. The molecule has 0 unspecified atom stereocenters. The molecule has 0 aliphatic carbocycles. The van der Waals surface area contributed by atoms with E-state index in [-0.39, 0.29) is 18.9 Å². The number of carbonyl (C=O) groups excluding carboxylic acids is 1. The molecule has 1 heterocycles. The lowest BCUT2D eigenvalue weighted by atomic mass is 9.81. The van der Waals surface area contributed by atoms with Gasteiger partial charge in [0, 0.05) is 42.2 Å². The van der Waals surface area contributed by atoms with Crippen molar-refractivity contribution in [2.24, 2.45) is 10.1 Å². The summed E-state index contributed by atoms with van der Waals surface area (Å²) in [5, 5.41) is 13.0. The Labute approximate surface area is 290 Å². The Morgan fingerprint density at radius 1 is 0.940 bits per heavy atom. The minimum absolute atomic E-state index is 0.0331. The summed E-state index contributed by atoms with van der Waals surface area (Å²) >= 11 is 0. The average Bonchev–Trinajstić information content (AvgIpc) is 3.55.